The molecule has 0 aliphatic carbocycles. The van der Waals surface area contributed by atoms with E-state index in [1.165, 1.54) is 11.1 Å². The van der Waals surface area contributed by atoms with E-state index in [9.17, 15) is 19.2 Å². The van der Waals surface area contributed by atoms with Gasteiger partial charge in [-0.1, -0.05) is 97.1 Å². The number of carboxylic acid groups (broad SMARTS) is 2. The van der Waals surface area contributed by atoms with Crippen molar-refractivity contribution in [2.75, 3.05) is 28.2 Å². The molecule has 0 spiro atoms. The number of pyridine rings is 2. The van der Waals surface area contributed by atoms with Crippen molar-refractivity contribution in [3.63, 3.8) is 0 Å². The van der Waals surface area contributed by atoms with Gasteiger partial charge in [0.1, 0.15) is 11.3 Å². The number of hydrogen-bond acceptors (Lipinski definition) is 8. The number of aliphatic hydroxyl groups is 2. The first-order valence-corrected chi connectivity index (χ1v) is 18.8. The Morgan fingerprint density at radius 3 is 1.13 bits per heavy atom. The normalized spacial score (nSPS) is 11.4. The molecule has 14 nitrogen and oxygen atoms in total. The summed E-state index contributed by atoms with van der Waals surface area (Å²) in [6, 6.07) is 24.6. The van der Waals surface area contributed by atoms with Gasteiger partial charge in [-0.2, -0.15) is 0 Å². The first-order valence-electron chi connectivity index (χ1n) is 18.8. The molecule has 6 rings (SSSR count). The van der Waals surface area contributed by atoms with Crippen molar-refractivity contribution in [1.29, 1.82) is 0 Å². The fourth-order valence-corrected chi connectivity index (χ4v) is 5.49. The SMILES string of the molecule is C=CC=C.Cc1ccc(-c2nc3ccc(C)cn3c2CC(=O)N(C)C)cc1.Cc1ccc(-c2nc3ccc(C)cn3c2CC(=O)N(C)C)cc1.O=C(O)C(O)C(O)C(=O)O. The second-order valence-corrected chi connectivity index (χ2v) is 14.4. The molecule has 2 amide bonds. The van der Waals surface area contributed by atoms with Crippen molar-refractivity contribution in [3.05, 3.63) is 144 Å². The second-order valence-electron chi connectivity index (χ2n) is 14.4. The van der Waals surface area contributed by atoms with Gasteiger partial charge in [-0.15, -0.1) is 0 Å². The lowest BCUT2D eigenvalue weighted by Gasteiger charge is -2.11. The van der Waals surface area contributed by atoms with E-state index in [1.54, 1.807) is 50.1 Å². The van der Waals surface area contributed by atoms with Crippen molar-refractivity contribution in [2.24, 2.45) is 0 Å². The number of aryl methyl sites for hydroxylation is 4. The molecule has 6 aromatic rings. The van der Waals surface area contributed by atoms with Crippen LogP contribution in [0.3, 0.4) is 0 Å². The lowest BCUT2D eigenvalue weighted by molar-refractivity contribution is -0.165. The molecule has 0 saturated carbocycles. The topological polar surface area (TPSA) is 190 Å². The number of fused-ring (bicyclic) bond motifs is 2. The quantitative estimate of drug-likeness (QED) is 0.124. The highest BCUT2D eigenvalue weighted by Gasteiger charge is 2.29. The lowest BCUT2D eigenvalue weighted by Crippen LogP contribution is -2.39. The van der Waals surface area contributed by atoms with Crippen LogP contribution in [0.1, 0.15) is 33.6 Å². The number of carboxylic acids is 2. The number of rotatable bonds is 10. The van der Waals surface area contributed by atoms with Gasteiger partial charge in [0.15, 0.2) is 12.2 Å². The van der Waals surface area contributed by atoms with Crippen LogP contribution in [0.25, 0.3) is 33.8 Å². The van der Waals surface area contributed by atoms with Crippen molar-refractivity contribution < 1.29 is 39.6 Å². The maximum atomic E-state index is 12.3. The molecule has 0 radical (unpaired) electrons. The number of hydrogen-bond donors (Lipinski definition) is 4. The molecule has 4 aromatic heterocycles. The van der Waals surface area contributed by atoms with Crippen LogP contribution in [0.2, 0.25) is 0 Å². The zero-order chi connectivity index (χ0) is 44.8. The summed E-state index contributed by atoms with van der Waals surface area (Å²) >= 11 is 0. The van der Waals surface area contributed by atoms with Crippen LogP contribution in [0.4, 0.5) is 0 Å². The summed E-state index contributed by atoms with van der Waals surface area (Å²) in [5.41, 5.74) is 12.2. The average Bonchev–Trinajstić information content (AvgIpc) is 3.75. The van der Waals surface area contributed by atoms with Gasteiger partial charge in [0, 0.05) is 51.7 Å². The van der Waals surface area contributed by atoms with Gasteiger partial charge in [0.2, 0.25) is 11.8 Å². The van der Waals surface area contributed by atoms with Crippen LogP contribution in [0.5, 0.6) is 0 Å². The number of carbonyl (C=O) groups excluding carboxylic acids is 2. The third kappa shape index (κ3) is 12.8. The molecule has 0 fully saturated rings. The standard InChI is InChI=1S/2C19H21N3O.C4H6O6.C4H6/c2*1-13-5-8-15(9-6-13)19-16(11-18(23)21(3)4)22-12-14(2)7-10-17(22)20-19;5-1(3(7)8)2(6)4(9)10;1-3-4-2/h2*5-10,12H,11H2,1-4H3;1-2,5-6H,(H,7,8)(H,9,10);3-4H,1-2H2. The lowest BCUT2D eigenvalue weighted by atomic mass is 10.1. The van der Waals surface area contributed by atoms with E-state index in [2.05, 4.69) is 75.5 Å². The number of nitrogens with zero attached hydrogens (tertiary/aromatic N) is 6. The molecule has 2 aromatic carbocycles. The Labute approximate surface area is 350 Å². The molecule has 2 unspecified atom stereocenters. The summed E-state index contributed by atoms with van der Waals surface area (Å²) in [7, 11) is 7.12. The minimum atomic E-state index is -2.27. The summed E-state index contributed by atoms with van der Waals surface area (Å²) in [6.45, 7) is 14.9. The Bertz CT molecular complexity index is 2280. The molecular formula is C46H54N6O8. The number of amides is 2. The fourth-order valence-electron chi connectivity index (χ4n) is 5.49. The molecule has 0 bridgehead atoms. The fraction of sp³-hybridized carbons (Fsp3) is 0.261. The highest BCUT2D eigenvalue weighted by molar-refractivity contribution is 5.83. The Balaban J connectivity index is 0.000000246. The zero-order valence-electron chi connectivity index (χ0n) is 35.3. The van der Waals surface area contributed by atoms with Crippen LogP contribution in [0, 0.1) is 27.7 Å². The van der Waals surface area contributed by atoms with Gasteiger partial charge < -0.3 is 39.0 Å². The van der Waals surface area contributed by atoms with E-state index in [0.29, 0.717) is 12.8 Å². The summed E-state index contributed by atoms with van der Waals surface area (Å²) in [4.78, 5) is 56.8. The Morgan fingerprint density at radius 1 is 0.567 bits per heavy atom. The van der Waals surface area contributed by atoms with Gasteiger partial charge in [-0.05, 0) is 51.0 Å². The van der Waals surface area contributed by atoms with Gasteiger partial charge >= 0.3 is 11.9 Å². The van der Waals surface area contributed by atoms with Gasteiger partial charge in [0.25, 0.3) is 0 Å². The molecule has 0 aliphatic rings. The smallest absolute Gasteiger partial charge is 0.335 e. The number of aliphatic carboxylic acids is 2. The highest BCUT2D eigenvalue weighted by atomic mass is 16.4. The molecule has 4 N–H and O–H groups in total. The molecule has 0 saturated heterocycles. The van der Waals surface area contributed by atoms with E-state index in [-0.39, 0.29) is 11.8 Å². The second kappa shape index (κ2) is 21.7. The predicted molar refractivity (Wildman–Crippen MR) is 233 cm³/mol. The molecule has 2 atom stereocenters. The van der Waals surface area contributed by atoms with Gasteiger partial charge in [-0.3, -0.25) is 9.59 Å². The summed E-state index contributed by atoms with van der Waals surface area (Å²) in [6.07, 6.45) is 3.49. The van der Waals surface area contributed by atoms with E-state index in [0.717, 1.165) is 56.3 Å². The molecule has 60 heavy (non-hydrogen) atoms. The van der Waals surface area contributed by atoms with Crippen LogP contribution in [0.15, 0.2) is 111 Å². The van der Waals surface area contributed by atoms with Crippen LogP contribution in [-0.4, -0.2) is 113 Å². The van der Waals surface area contributed by atoms with Crippen LogP contribution < -0.4 is 0 Å². The predicted octanol–water partition coefficient (Wildman–Crippen LogP) is 5.73. The number of benzene rings is 2. The third-order valence-electron chi connectivity index (χ3n) is 8.99. The molecule has 4 heterocycles. The van der Waals surface area contributed by atoms with Crippen molar-refractivity contribution in [1.82, 2.24) is 28.6 Å². The largest absolute Gasteiger partial charge is 0.479 e. The van der Waals surface area contributed by atoms with E-state index in [1.807, 2.05) is 59.3 Å². The molecule has 0 aliphatic heterocycles. The minimum absolute atomic E-state index is 0.0710. The molecule has 14 heteroatoms. The van der Waals surface area contributed by atoms with Crippen molar-refractivity contribution >= 4 is 35.0 Å². The van der Waals surface area contributed by atoms with Crippen molar-refractivity contribution in [2.45, 2.75) is 52.7 Å². The average molecular weight is 819 g/mol. The molecule has 316 valence electrons. The zero-order valence-corrected chi connectivity index (χ0v) is 35.3. The summed E-state index contributed by atoms with van der Waals surface area (Å²) in [5, 5.41) is 32.5. The maximum Gasteiger partial charge on any atom is 0.335 e. The van der Waals surface area contributed by atoms with E-state index < -0.39 is 24.1 Å². The number of carbonyl (C=O) groups is 4. The van der Waals surface area contributed by atoms with Crippen LogP contribution >= 0.6 is 0 Å². The first kappa shape index (κ1) is 47.5. The maximum absolute atomic E-state index is 12.3. The Hall–Kier alpha value is -6.90. The number of imidazole rings is 2. The van der Waals surface area contributed by atoms with Gasteiger partial charge in [-0.25, -0.2) is 19.6 Å². The van der Waals surface area contributed by atoms with Crippen molar-refractivity contribution in [3.8, 4) is 22.5 Å². The number of likely N-dealkylation sites (N-methyl/N-ethyl adjacent to an activating group) is 2. The highest BCUT2D eigenvalue weighted by Crippen LogP contribution is 2.27. The van der Waals surface area contributed by atoms with E-state index >= 15 is 0 Å². The number of aromatic nitrogens is 4. The monoisotopic (exact) mass is 818 g/mol. The first-order chi connectivity index (χ1) is 28.3. The number of aliphatic hydroxyl groups excluding tert-OH is 2. The van der Waals surface area contributed by atoms with Crippen LogP contribution in [-0.2, 0) is 32.0 Å². The molecular weight excluding hydrogens is 765 g/mol. The summed E-state index contributed by atoms with van der Waals surface area (Å²) in [5.74, 6) is -3.40. The summed E-state index contributed by atoms with van der Waals surface area (Å²) < 4.78 is 4.07. The van der Waals surface area contributed by atoms with E-state index in [4.69, 9.17) is 30.4 Å². The number of allylic oxidation sites excluding steroid dienone is 2. The Kier molecular flexibility index (Phi) is 17.2. The minimum Gasteiger partial charge on any atom is -0.479 e. The van der Waals surface area contributed by atoms with Gasteiger partial charge in [0.05, 0.1) is 35.6 Å². The third-order valence-corrected chi connectivity index (χ3v) is 8.99. The Morgan fingerprint density at radius 2 is 0.867 bits per heavy atom.